The molecule has 0 spiro atoms. The molecular weight excluding hydrogens is 319 g/mol. The molecule has 1 saturated heterocycles. The Morgan fingerprint density at radius 3 is 2.45 bits per heavy atom. The quantitative estimate of drug-likeness (QED) is 0.893. The van der Waals surface area contributed by atoms with E-state index < -0.39 is 0 Å². The Hall–Kier alpha value is -0.770. The van der Waals surface area contributed by atoms with Crippen LogP contribution in [-0.4, -0.2) is 23.4 Å². The molecule has 22 heavy (non-hydrogen) atoms. The summed E-state index contributed by atoms with van der Waals surface area (Å²) in [6.45, 7) is 4.65. The first-order valence-electron chi connectivity index (χ1n) is 7.82. The van der Waals surface area contributed by atoms with Gasteiger partial charge in [-0.1, -0.05) is 43.5 Å². The van der Waals surface area contributed by atoms with Gasteiger partial charge < -0.3 is 10.6 Å². The number of benzene rings is 1. The highest BCUT2D eigenvalue weighted by Crippen LogP contribution is 2.32. The molecule has 0 aromatic heterocycles. The lowest BCUT2D eigenvalue weighted by Crippen LogP contribution is -2.43. The number of nitrogens with zero attached hydrogens (tertiary/aromatic N) is 1. The van der Waals surface area contributed by atoms with Crippen molar-refractivity contribution in [1.29, 1.82) is 0 Å². The minimum absolute atomic E-state index is 0. The molecule has 1 amide bonds. The van der Waals surface area contributed by atoms with Crippen LogP contribution in [0.3, 0.4) is 0 Å². The first-order valence-corrected chi connectivity index (χ1v) is 8.20. The number of carbonyl (C=O) groups is 1. The third kappa shape index (κ3) is 4.61. The molecule has 1 heterocycles. The lowest BCUT2D eigenvalue weighted by molar-refractivity contribution is -0.138. The first kappa shape index (κ1) is 19.3. The van der Waals surface area contributed by atoms with Crippen molar-refractivity contribution in [3.05, 3.63) is 34.9 Å². The Kier molecular flexibility index (Phi) is 7.67. The molecule has 2 N–H and O–H groups in total. The smallest absolute Gasteiger partial charge is 0.227 e. The second-order valence-electron chi connectivity index (χ2n) is 6.10. The molecule has 1 aromatic rings. The molecule has 1 aromatic carbocycles. The van der Waals surface area contributed by atoms with Crippen molar-refractivity contribution < 1.29 is 4.79 Å². The topological polar surface area (TPSA) is 46.3 Å². The van der Waals surface area contributed by atoms with Gasteiger partial charge in [-0.3, -0.25) is 4.79 Å². The highest BCUT2D eigenvalue weighted by atomic mass is 35.5. The molecule has 3 atom stereocenters. The van der Waals surface area contributed by atoms with Crippen LogP contribution >= 0.6 is 24.0 Å². The summed E-state index contributed by atoms with van der Waals surface area (Å²) >= 11 is 5.98. The highest BCUT2D eigenvalue weighted by Gasteiger charge is 2.30. The molecule has 0 aliphatic carbocycles. The van der Waals surface area contributed by atoms with Crippen molar-refractivity contribution in [2.24, 2.45) is 11.7 Å². The zero-order valence-electron chi connectivity index (χ0n) is 13.3. The van der Waals surface area contributed by atoms with Gasteiger partial charge in [0.1, 0.15) is 0 Å². The van der Waals surface area contributed by atoms with Gasteiger partial charge in [-0.15, -0.1) is 12.4 Å². The number of amides is 1. The number of nitrogens with two attached hydrogens (primary N) is 1. The maximum atomic E-state index is 12.8. The van der Waals surface area contributed by atoms with Crippen LogP contribution in [0.15, 0.2) is 24.3 Å². The summed E-state index contributed by atoms with van der Waals surface area (Å²) in [6, 6.07) is 7.91. The van der Waals surface area contributed by atoms with Gasteiger partial charge in [0.2, 0.25) is 5.91 Å². The predicted octanol–water partition coefficient (Wildman–Crippen LogP) is 4.19. The van der Waals surface area contributed by atoms with Crippen LogP contribution in [-0.2, 0) is 4.79 Å². The van der Waals surface area contributed by atoms with Crippen LogP contribution in [0.4, 0.5) is 0 Å². The van der Waals surface area contributed by atoms with Crippen LogP contribution in [0, 0.1) is 5.92 Å². The Labute approximate surface area is 144 Å². The number of hydrogen-bond acceptors (Lipinski definition) is 2. The van der Waals surface area contributed by atoms with Crippen molar-refractivity contribution in [3.8, 4) is 0 Å². The highest BCUT2D eigenvalue weighted by molar-refractivity contribution is 6.30. The normalized spacial score (nSPS) is 21.5. The van der Waals surface area contributed by atoms with E-state index in [0.29, 0.717) is 0 Å². The molecule has 124 valence electrons. The Morgan fingerprint density at radius 1 is 1.23 bits per heavy atom. The van der Waals surface area contributed by atoms with Crippen molar-refractivity contribution in [1.82, 2.24) is 4.90 Å². The van der Waals surface area contributed by atoms with Gasteiger partial charge in [-0.2, -0.15) is 0 Å². The molecule has 1 aliphatic rings. The van der Waals surface area contributed by atoms with Crippen LogP contribution < -0.4 is 5.73 Å². The molecular formula is C17H26Cl2N2O. The largest absolute Gasteiger partial charge is 0.335 e. The van der Waals surface area contributed by atoms with Crippen LogP contribution in [0.1, 0.15) is 51.1 Å². The summed E-state index contributed by atoms with van der Waals surface area (Å²) in [6.07, 6.45) is 4.42. The molecule has 2 rings (SSSR count). The van der Waals surface area contributed by atoms with Crippen LogP contribution in [0.5, 0.6) is 0 Å². The van der Waals surface area contributed by atoms with E-state index in [9.17, 15) is 4.79 Å². The lowest BCUT2D eigenvalue weighted by atomic mass is 9.97. The fraction of sp³-hybridized carbons (Fsp3) is 0.588. The average Bonchev–Trinajstić information content (AvgIpc) is 2.72. The van der Waals surface area contributed by atoms with E-state index in [0.717, 1.165) is 30.8 Å². The van der Waals surface area contributed by atoms with E-state index in [2.05, 4.69) is 0 Å². The van der Waals surface area contributed by atoms with Crippen molar-refractivity contribution in [2.75, 3.05) is 6.54 Å². The maximum Gasteiger partial charge on any atom is 0.227 e. The van der Waals surface area contributed by atoms with E-state index in [1.807, 2.05) is 43.0 Å². The fourth-order valence-corrected chi connectivity index (χ4v) is 3.02. The molecule has 3 unspecified atom stereocenters. The molecule has 0 saturated carbocycles. The van der Waals surface area contributed by atoms with E-state index in [4.69, 9.17) is 17.3 Å². The van der Waals surface area contributed by atoms with Gasteiger partial charge in [0.25, 0.3) is 0 Å². The van der Waals surface area contributed by atoms with E-state index in [1.54, 1.807) is 0 Å². The molecule has 0 bridgehead atoms. The number of halogens is 2. The number of rotatable bonds is 3. The summed E-state index contributed by atoms with van der Waals surface area (Å²) in [4.78, 5) is 14.8. The third-order valence-electron chi connectivity index (χ3n) is 4.47. The van der Waals surface area contributed by atoms with Crippen molar-refractivity contribution in [2.45, 2.75) is 51.6 Å². The summed E-state index contributed by atoms with van der Waals surface area (Å²) in [5.41, 5.74) is 7.09. The Balaban J connectivity index is 0.00000242. The summed E-state index contributed by atoms with van der Waals surface area (Å²) in [5.74, 6) is 0.0322. The summed E-state index contributed by atoms with van der Waals surface area (Å²) < 4.78 is 0. The fourth-order valence-electron chi connectivity index (χ4n) is 2.89. The number of hydrogen-bond donors (Lipinski definition) is 1. The lowest BCUT2D eigenvalue weighted by Gasteiger charge is -2.33. The first-order chi connectivity index (χ1) is 10.0. The maximum absolute atomic E-state index is 12.8. The zero-order valence-corrected chi connectivity index (χ0v) is 14.9. The van der Waals surface area contributed by atoms with Crippen molar-refractivity contribution in [3.63, 3.8) is 0 Å². The monoisotopic (exact) mass is 344 g/mol. The molecule has 0 radical (unpaired) electrons. The van der Waals surface area contributed by atoms with Gasteiger partial charge in [-0.25, -0.2) is 0 Å². The Bertz CT molecular complexity index is 476. The van der Waals surface area contributed by atoms with E-state index >= 15 is 0 Å². The van der Waals surface area contributed by atoms with Crippen LogP contribution in [0.2, 0.25) is 5.02 Å². The van der Waals surface area contributed by atoms with Gasteiger partial charge in [-0.05, 0) is 37.5 Å². The van der Waals surface area contributed by atoms with E-state index in [1.165, 1.54) is 12.0 Å². The number of likely N-dealkylation sites (tertiary alicyclic amines) is 1. The standard InChI is InChI=1S/C17H25ClN2O.ClH/c1-12(13(2)19)17(21)20-11-5-3-4-6-16(20)14-7-9-15(18)10-8-14;/h7-10,12-13,16H,3-6,11,19H2,1-2H3;1H. The molecule has 1 fully saturated rings. The minimum Gasteiger partial charge on any atom is -0.335 e. The third-order valence-corrected chi connectivity index (χ3v) is 4.72. The molecule has 3 nitrogen and oxygen atoms in total. The Morgan fingerprint density at radius 2 is 1.86 bits per heavy atom. The van der Waals surface area contributed by atoms with E-state index in [-0.39, 0.29) is 36.3 Å². The van der Waals surface area contributed by atoms with Gasteiger partial charge in [0, 0.05) is 17.6 Å². The second-order valence-corrected chi connectivity index (χ2v) is 6.53. The van der Waals surface area contributed by atoms with Gasteiger partial charge in [0.05, 0.1) is 12.0 Å². The second kappa shape index (κ2) is 8.76. The van der Waals surface area contributed by atoms with Gasteiger partial charge in [0.15, 0.2) is 0 Å². The average molecular weight is 345 g/mol. The molecule has 5 heteroatoms. The SMILES string of the molecule is CC(N)C(C)C(=O)N1CCCCCC1c1ccc(Cl)cc1.Cl. The van der Waals surface area contributed by atoms with Crippen molar-refractivity contribution >= 4 is 29.9 Å². The summed E-state index contributed by atoms with van der Waals surface area (Å²) in [7, 11) is 0. The zero-order chi connectivity index (χ0) is 15.4. The van der Waals surface area contributed by atoms with Gasteiger partial charge >= 0.3 is 0 Å². The predicted molar refractivity (Wildman–Crippen MR) is 94.4 cm³/mol. The summed E-state index contributed by atoms with van der Waals surface area (Å²) in [5, 5.41) is 0.731. The number of carbonyl (C=O) groups excluding carboxylic acids is 1. The minimum atomic E-state index is -0.141. The molecule has 1 aliphatic heterocycles. The van der Waals surface area contributed by atoms with Crippen LogP contribution in [0.25, 0.3) is 0 Å².